The number of urea groups is 1. The topological polar surface area (TPSA) is 44.8 Å². The van der Waals surface area contributed by atoms with Crippen LogP contribution in [0.1, 0.15) is 13.8 Å². The first-order valence-corrected chi connectivity index (χ1v) is 7.05. The van der Waals surface area contributed by atoms with Gasteiger partial charge < -0.3 is 19.9 Å². The summed E-state index contributed by atoms with van der Waals surface area (Å²) < 4.78 is 19.9. The highest BCUT2D eigenvalue weighted by molar-refractivity contribution is 5.89. The van der Waals surface area contributed by atoms with Gasteiger partial charge in [-0.3, -0.25) is 0 Å². The average Bonchev–Trinajstić information content (AvgIpc) is 2.37. The number of hydrogen-bond donors (Lipinski definition) is 1. The SMILES string of the molecule is C[C@@H]1CN(c2ccc(NC(=O)N(C)C)cc2F)C[C@H](C)O1. The molecule has 2 rings (SSSR count). The van der Waals surface area contributed by atoms with Gasteiger partial charge in [0.2, 0.25) is 0 Å². The van der Waals surface area contributed by atoms with Gasteiger partial charge in [-0.15, -0.1) is 0 Å². The second-order valence-corrected chi connectivity index (χ2v) is 5.65. The van der Waals surface area contributed by atoms with E-state index in [0.717, 1.165) is 0 Å². The first-order chi connectivity index (χ1) is 9.86. The smallest absolute Gasteiger partial charge is 0.321 e. The van der Waals surface area contributed by atoms with Gasteiger partial charge in [-0.05, 0) is 32.0 Å². The van der Waals surface area contributed by atoms with Crippen molar-refractivity contribution in [1.29, 1.82) is 0 Å². The zero-order valence-corrected chi connectivity index (χ0v) is 12.9. The normalized spacial score (nSPS) is 22.0. The van der Waals surface area contributed by atoms with E-state index in [4.69, 9.17) is 4.74 Å². The lowest BCUT2D eigenvalue weighted by atomic mass is 10.2. The number of ether oxygens (including phenoxy) is 1. The minimum absolute atomic E-state index is 0.0706. The van der Waals surface area contributed by atoms with Gasteiger partial charge in [0.05, 0.1) is 17.9 Å². The minimum atomic E-state index is -0.340. The Morgan fingerprint density at radius 2 is 1.95 bits per heavy atom. The monoisotopic (exact) mass is 295 g/mol. The fraction of sp³-hybridized carbons (Fsp3) is 0.533. The number of carbonyl (C=O) groups is 1. The Bertz CT molecular complexity index is 512. The van der Waals surface area contributed by atoms with Crippen molar-refractivity contribution in [2.45, 2.75) is 26.1 Å². The zero-order valence-electron chi connectivity index (χ0n) is 12.9. The summed E-state index contributed by atoms with van der Waals surface area (Å²) in [4.78, 5) is 14.9. The van der Waals surface area contributed by atoms with Crippen molar-refractivity contribution in [1.82, 2.24) is 4.90 Å². The Kier molecular flexibility index (Phi) is 4.67. The average molecular weight is 295 g/mol. The number of rotatable bonds is 2. The fourth-order valence-electron chi connectivity index (χ4n) is 2.45. The first-order valence-electron chi connectivity index (χ1n) is 7.05. The summed E-state index contributed by atoms with van der Waals surface area (Å²) in [5.41, 5.74) is 0.990. The lowest BCUT2D eigenvalue weighted by Gasteiger charge is -2.37. The van der Waals surface area contributed by atoms with Crippen LogP contribution in [0.4, 0.5) is 20.6 Å². The molecule has 0 unspecified atom stereocenters. The lowest BCUT2D eigenvalue weighted by molar-refractivity contribution is -0.00539. The highest BCUT2D eigenvalue weighted by atomic mass is 19.1. The molecule has 1 heterocycles. The largest absolute Gasteiger partial charge is 0.372 e. The summed E-state index contributed by atoms with van der Waals surface area (Å²) in [5, 5.41) is 2.63. The van der Waals surface area contributed by atoms with Crippen LogP contribution in [0.3, 0.4) is 0 Å². The number of carbonyl (C=O) groups excluding carboxylic acids is 1. The molecule has 2 atom stereocenters. The first kappa shape index (κ1) is 15.6. The Morgan fingerprint density at radius 3 is 2.48 bits per heavy atom. The van der Waals surface area contributed by atoms with Crippen LogP contribution in [-0.4, -0.2) is 50.3 Å². The van der Waals surface area contributed by atoms with E-state index in [2.05, 4.69) is 5.32 Å². The Morgan fingerprint density at radius 1 is 1.33 bits per heavy atom. The molecule has 6 heteroatoms. The maximum absolute atomic E-state index is 14.3. The number of halogens is 1. The van der Waals surface area contributed by atoms with Crippen molar-refractivity contribution in [3.05, 3.63) is 24.0 Å². The van der Waals surface area contributed by atoms with Crippen molar-refractivity contribution in [2.75, 3.05) is 37.4 Å². The summed E-state index contributed by atoms with van der Waals surface area (Å²) in [6.07, 6.45) is 0.141. The van der Waals surface area contributed by atoms with Crippen molar-refractivity contribution in [3.8, 4) is 0 Å². The number of anilines is 2. The van der Waals surface area contributed by atoms with Gasteiger partial charge in [0, 0.05) is 32.9 Å². The summed E-state index contributed by atoms with van der Waals surface area (Å²) >= 11 is 0. The van der Waals surface area contributed by atoms with Gasteiger partial charge in [0.25, 0.3) is 0 Å². The standard InChI is InChI=1S/C15H22FN3O2/c1-10-8-19(9-11(2)21-10)14-6-5-12(7-13(14)16)17-15(20)18(3)4/h5-7,10-11H,8-9H2,1-4H3,(H,17,20)/t10-,11+. The molecule has 0 aromatic heterocycles. The van der Waals surface area contributed by atoms with E-state index in [-0.39, 0.29) is 24.1 Å². The van der Waals surface area contributed by atoms with Gasteiger partial charge in [0.15, 0.2) is 0 Å². The molecule has 0 radical (unpaired) electrons. The number of hydrogen-bond acceptors (Lipinski definition) is 3. The molecule has 1 aromatic rings. The maximum atomic E-state index is 14.3. The van der Waals surface area contributed by atoms with E-state index in [9.17, 15) is 9.18 Å². The van der Waals surface area contributed by atoms with Crippen LogP contribution in [0, 0.1) is 5.82 Å². The summed E-state index contributed by atoms with van der Waals surface area (Å²) in [6.45, 7) is 5.27. The second kappa shape index (κ2) is 6.30. The molecule has 0 bridgehead atoms. The zero-order chi connectivity index (χ0) is 15.6. The van der Waals surface area contributed by atoms with Crippen molar-refractivity contribution < 1.29 is 13.9 Å². The van der Waals surface area contributed by atoms with Gasteiger partial charge in [-0.25, -0.2) is 9.18 Å². The number of morpholine rings is 1. The molecule has 21 heavy (non-hydrogen) atoms. The molecule has 1 fully saturated rings. The Balaban J connectivity index is 2.13. The second-order valence-electron chi connectivity index (χ2n) is 5.65. The minimum Gasteiger partial charge on any atom is -0.372 e. The third-order valence-corrected chi connectivity index (χ3v) is 3.37. The van der Waals surface area contributed by atoms with Crippen LogP contribution in [0.15, 0.2) is 18.2 Å². The number of benzene rings is 1. The van der Waals surface area contributed by atoms with Crippen LogP contribution in [0.5, 0.6) is 0 Å². The lowest BCUT2D eigenvalue weighted by Crippen LogP contribution is -2.45. The van der Waals surface area contributed by atoms with E-state index in [1.807, 2.05) is 18.7 Å². The van der Waals surface area contributed by atoms with E-state index in [1.54, 1.807) is 26.2 Å². The van der Waals surface area contributed by atoms with E-state index < -0.39 is 0 Å². The Hall–Kier alpha value is -1.82. The highest BCUT2D eigenvalue weighted by Gasteiger charge is 2.24. The molecule has 1 N–H and O–H groups in total. The van der Waals surface area contributed by atoms with Crippen molar-refractivity contribution >= 4 is 17.4 Å². The molecular weight excluding hydrogens is 273 g/mol. The molecule has 0 aliphatic carbocycles. The number of amides is 2. The molecule has 1 aliphatic rings. The van der Waals surface area contributed by atoms with Crippen LogP contribution in [-0.2, 0) is 4.74 Å². The van der Waals surface area contributed by atoms with E-state index >= 15 is 0 Å². The Labute approximate surface area is 124 Å². The molecule has 2 amide bonds. The molecule has 5 nitrogen and oxygen atoms in total. The van der Waals surface area contributed by atoms with Crippen LogP contribution >= 0.6 is 0 Å². The third-order valence-electron chi connectivity index (χ3n) is 3.37. The van der Waals surface area contributed by atoms with Gasteiger partial charge >= 0.3 is 6.03 Å². The molecule has 0 spiro atoms. The quantitative estimate of drug-likeness (QED) is 0.912. The molecule has 1 aromatic carbocycles. The molecule has 1 saturated heterocycles. The van der Waals surface area contributed by atoms with Crippen LogP contribution in [0.2, 0.25) is 0 Å². The van der Waals surface area contributed by atoms with Crippen molar-refractivity contribution in [2.24, 2.45) is 0 Å². The van der Waals surface area contributed by atoms with Crippen molar-refractivity contribution in [3.63, 3.8) is 0 Å². The van der Waals surface area contributed by atoms with Crippen LogP contribution < -0.4 is 10.2 Å². The predicted octanol–water partition coefficient (Wildman–Crippen LogP) is 2.53. The van der Waals surface area contributed by atoms with E-state index in [0.29, 0.717) is 24.5 Å². The summed E-state index contributed by atoms with van der Waals surface area (Å²) in [5.74, 6) is -0.340. The van der Waals surface area contributed by atoms with Gasteiger partial charge in [0.1, 0.15) is 5.82 Å². The van der Waals surface area contributed by atoms with Gasteiger partial charge in [-0.2, -0.15) is 0 Å². The number of nitrogens with one attached hydrogen (secondary N) is 1. The fourth-order valence-corrected chi connectivity index (χ4v) is 2.45. The third kappa shape index (κ3) is 3.85. The highest BCUT2D eigenvalue weighted by Crippen LogP contribution is 2.26. The molecule has 1 aliphatic heterocycles. The number of nitrogens with zero attached hydrogens (tertiary/aromatic N) is 2. The molecule has 0 saturated carbocycles. The van der Waals surface area contributed by atoms with Gasteiger partial charge in [-0.1, -0.05) is 0 Å². The predicted molar refractivity (Wildman–Crippen MR) is 81.3 cm³/mol. The maximum Gasteiger partial charge on any atom is 0.321 e. The van der Waals surface area contributed by atoms with Crippen LogP contribution in [0.25, 0.3) is 0 Å². The van der Waals surface area contributed by atoms with E-state index in [1.165, 1.54) is 11.0 Å². The summed E-state index contributed by atoms with van der Waals surface area (Å²) in [6, 6.07) is 4.48. The molecule has 116 valence electrons. The summed E-state index contributed by atoms with van der Waals surface area (Å²) in [7, 11) is 3.27. The molecular formula is C15H22FN3O2.